The van der Waals surface area contributed by atoms with Crippen LogP contribution in [0.15, 0.2) is 24.3 Å². The van der Waals surface area contributed by atoms with Crippen molar-refractivity contribution in [1.29, 1.82) is 0 Å². The van der Waals surface area contributed by atoms with Crippen LogP contribution in [0.2, 0.25) is 0 Å². The van der Waals surface area contributed by atoms with Gasteiger partial charge in [0.05, 0.1) is 12.7 Å². The number of hydrogen-bond acceptors (Lipinski definition) is 3. The molecule has 0 unspecified atom stereocenters. The second-order valence-electron chi connectivity index (χ2n) is 3.53. The van der Waals surface area contributed by atoms with Gasteiger partial charge in [0, 0.05) is 0 Å². The lowest BCUT2D eigenvalue weighted by Crippen LogP contribution is -2.33. The number of hydrogen-bond donors (Lipinski definition) is 1. The van der Waals surface area contributed by atoms with Crippen LogP contribution in [0, 0.1) is 0 Å². The highest BCUT2D eigenvalue weighted by atomic mass is 35.5. The number of ether oxygens (including phenoxy) is 1. The van der Waals surface area contributed by atoms with Crippen molar-refractivity contribution in [1.82, 2.24) is 0 Å². The summed E-state index contributed by atoms with van der Waals surface area (Å²) in [5.74, 6) is -0.593. The van der Waals surface area contributed by atoms with Crippen LogP contribution >= 0.6 is 12.4 Å². The zero-order valence-electron chi connectivity index (χ0n) is 9.53. The van der Waals surface area contributed by atoms with E-state index in [1.165, 1.54) is 19.2 Å². The molecule has 1 rings (SSSR count). The molecule has 3 nitrogen and oxygen atoms in total. The number of halogens is 4. The van der Waals surface area contributed by atoms with Gasteiger partial charge in [0.2, 0.25) is 0 Å². The van der Waals surface area contributed by atoms with Crippen molar-refractivity contribution in [2.24, 2.45) is 5.73 Å². The quantitative estimate of drug-likeness (QED) is 0.865. The summed E-state index contributed by atoms with van der Waals surface area (Å²) in [7, 11) is 1.20. The summed E-state index contributed by atoms with van der Waals surface area (Å²) in [6.07, 6.45) is -4.21. The van der Waals surface area contributed by atoms with E-state index in [9.17, 15) is 18.0 Å². The van der Waals surface area contributed by atoms with Gasteiger partial charge in [0.15, 0.2) is 0 Å². The van der Waals surface area contributed by atoms with Crippen molar-refractivity contribution in [2.75, 3.05) is 7.11 Å². The molecule has 7 heteroatoms. The Hall–Kier alpha value is -1.27. The number of alkyl halides is 3. The van der Waals surface area contributed by atoms with Crippen LogP contribution in [-0.4, -0.2) is 19.1 Å². The average Bonchev–Trinajstić information content (AvgIpc) is 2.27. The van der Waals surface area contributed by atoms with Gasteiger partial charge in [0.1, 0.15) is 6.04 Å². The molecular formula is C11H13ClF3NO2. The van der Waals surface area contributed by atoms with E-state index in [0.29, 0.717) is 5.56 Å². The van der Waals surface area contributed by atoms with E-state index in [1.807, 2.05) is 0 Å². The number of carbonyl (C=O) groups excluding carboxylic acids is 1. The molecule has 0 spiro atoms. The number of rotatable bonds is 3. The minimum Gasteiger partial charge on any atom is -0.468 e. The highest BCUT2D eigenvalue weighted by molar-refractivity contribution is 5.85. The minimum atomic E-state index is -4.36. The van der Waals surface area contributed by atoms with Gasteiger partial charge in [-0.05, 0) is 24.1 Å². The van der Waals surface area contributed by atoms with Gasteiger partial charge < -0.3 is 10.5 Å². The lowest BCUT2D eigenvalue weighted by Gasteiger charge is -2.10. The summed E-state index contributed by atoms with van der Waals surface area (Å²) in [5.41, 5.74) is 5.31. The first-order valence-corrected chi connectivity index (χ1v) is 4.84. The molecule has 0 bridgehead atoms. The van der Waals surface area contributed by atoms with Crippen molar-refractivity contribution >= 4 is 18.4 Å². The fourth-order valence-electron chi connectivity index (χ4n) is 1.32. The Labute approximate surface area is 109 Å². The van der Waals surface area contributed by atoms with Gasteiger partial charge in [-0.2, -0.15) is 13.2 Å². The molecule has 0 fully saturated rings. The van der Waals surface area contributed by atoms with Gasteiger partial charge in [-0.3, -0.25) is 4.79 Å². The molecule has 0 amide bonds. The Morgan fingerprint density at radius 1 is 1.33 bits per heavy atom. The molecule has 102 valence electrons. The van der Waals surface area contributed by atoms with E-state index >= 15 is 0 Å². The van der Waals surface area contributed by atoms with Gasteiger partial charge in [0.25, 0.3) is 0 Å². The van der Waals surface area contributed by atoms with Crippen LogP contribution in [0.1, 0.15) is 11.1 Å². The monoisotopic (exact) mass is 283 g/mol. The number of methoxy groups -OCH3 is 1. The Bertz CT molecular complexity index is 392. The lowest BCUT2D eigenvalue weighted by atomic mass is 10.0. The Kier molecular flexibility index (Phi) is 6.14. The Morgan fingerprint density at radius 2 is 1.83 bits per heavy atom. The molecule has 2 N–H and O–H groups in total. The van der Waals surface area contributed by atoms with Gasteiger partial charge >= 0.3 is 12.1 Å². The fraction of sp³-hybridized carbons (Fsp3) is 0.364. The largest absolute Gasteiger partial charge is 0.468 e. The molecule has 0 aliphatic rings. The highest BCUT2D eigenvalue weighted by Crippen LogP contribution is 2.29. The van der Waals surface area contributed by atoms with Gasteiger partial charge in [-0.1, -0.05) is 12.1 Å². The van der Waals surface area contributed by atoms with E-state index in [2.05, 4.69) is 4.74 Å². The van der Waals surface area contributed by atoms with Crippen LogP contribution in [0.5, 0.6) is 0 Å². The third kappa shape index (κ3) is 4.54. The predicted molar refractivity (Wildman–Crippen MR) is 62.4 cm³/mol. The maximum Gasteiger partial charge on any atom is 0.416 e. The first-order valence-electron chi connectivity index (χ1n) is 4.84. The molecule has 0 aliphatic heterocycles. The number of nitrogens with two attached hydrogens (primary N) is 1. The highest BCUT2D eigenvalue weighted by Gasteiger charge is 2.30. The molecule has 0 heterocycles. The van der Waals surface area contributed by atoms with Crippen LogP contribution in [-0.2, 0) is 22.1 Å². The summed E-state index contributed by atoms with van der Waals surface area (Å²) in [5, 5.41) is 0. The molecule has 0 saturated carbocycles. The molecule has 1 aromatic carbocycles. The van der Waals surface area contributed by atoms with Crippen molar-refractivity contribution in [3.8, 4) is 0 Å². The normalized spacial score (nSPS) is 12.5. The van der Waals surface area contributed by atoms with E-state index < -0.39 is 23.8 Å². The molecule has 0 aliphatic carbocycles. The second-order valence-corrected chi connectivity index (χ2v) is 3.53. The lowest BCUT2D eigenvalue weighted by molar-refractivity contribution is -0.142. The average molecular weight is 284 g/mol. The maximum atomic E-state index is 12.3. The van der Waals surface area contributed by atoms with E-state index in [1.54, 1.807) is 0 Å². The number of benzene rings is 1. The summed E-state index contributed by atoms with van der Waals surface area (Å²) in [6, 6.07) is 3.65. The van der Waals surface area contributed by atoms with E-state index in [-0.39, 0.29) is 18.8 Å². The van der Waals surface area contributed by atoms with Gasteiger partial charge in [-0.25, -0.2) is 0 Å². The summed E-state index contributed by atoms with van der Waals surface area (Å²) >= 11 is 0. The second kappa shape index (κ2) is 6.61. The van der Waals surface area contributed by atoms with E-state index in [4.69, 9.17) is 5.73 Å². The third-order valence-electron chi connectivity index (χ3n) is 2.24. The summed E-state index contributed by atoms with van der Waals surface area (Å²) in [4.78, 5) is 11.0. The fourth-order valence-corrected chi connectivity index (χ4v) is 1.32. The topological polar surface area (TPSA) is 52.3 Å². The van der Waals surface area contributed by atoms with Gasteiger partial charge in [-0.15, -0.1) is 12.4 Å². The van der Waals surface area contributed by atoms with Crippen molar-refractivity contribution in [2.45, 2.75) is 18.6 Å². The minimum absolute atomic E-state index is 0. The maximum absolute atomic E-state index is 12.3. The first kappa shape index (κ1) is 16.7. The molecule has 1 atom stereocenters. The van der Waals surface area contributed by atoms with Crippen LogP contribution < -0.4 is 5.73 Å². The predicted octanol–water partition coefficient (Wildman–Crippen LogP) is 2.17. The van der Waals surface area contributed by atoms with Crippen molar-refractivity contribution < 1.29 is 22.7 Å². The smallest absolute Gasteiger partial charge is 0.416 e. The number of carbonyl (C=O) groups is 1. The molecule has 1 aromatic rings. The summed E-state index contributed by atoms with van der Waals surface area (Å²) in [6.45, 7) is 0. The standard InChI is InChI=1S/C11H12F3NO2.ClH/c1-17-10(16)9(15)6-7-2-4-8(5-3-7)11(12,13)14;/h2-5,9H,6,15H2,1H3;1H/t9-;/m0./s1. The molecule has 0 aromatic heterocycles. The molecule has 0 saturated heterocycles. The third-order valence-corrected chi connectivity index (χ3v) is 2.24. The SMILES string of the molecule is COC(=O)[C@@H](N)Cc1ccc(C(F)(F)F)cc1.Cl. The molecule has 18 heavy (non-hydrogen) atoms. The number of esters is 1. The Morgan fingerprint density at radius 3 is 2.22 bits per heavy atom. The summed E-state index contributed by atoms with van der Waals surface area (Å²) < 4.78 is 41.2. The Balaban J connectivity index is 0.00000289. The first-order chi connectivity index (χ1) is 7.84. The van der Waals surface area contributed by atoms with Crippen LogP contribution in [0.3, 0.4) is 0 Å². The van der Waals surface area contributed by atoms with Crippen LogP contribution in [0.25, 0.3) is 0 Å². The van der Waals surface area contributed by atoms with Crippen LogP contribution in [0.4, 0.5) is 13.2 Å². The van der Waals surface area contributed by atoms with E-state index in [0.717, 1.165) is 12.1 Å². The molecular weight excluding hydrogens is 271 g/mol. The molecule has 0 radical (unpaired) electrons. The van der Waals surface area contributed by atoms with Crippen molar-refractivity contribution in [3.63, 3.8) is 0 Å². The zero-order chi connectivity index (χ0) is 13.1. The zero-order valence-corrected chi connectivity index (χ0v) is 10.3. The van der Waals surface area contributed by atoms with Crippen molar-refractivity contribution in [3.05, 3.63) is 35.4 Å².